The van der Waals surface area contributed by atoms with Crippen molar-refractivity contribution >= 4 is 34.2 Å². The lowest BCUT2D eigenvalue weighted by molar-refractivity contribution is -0.126. The molecule has 0 saturated carbocycles. The summed E-state index contributed by atoms with van der Waals surface area (Å²) in [5.74, 6) is 0.770. The van der Waals surface area contributed by atoms with Crippen LogP contribution in [0.4, 0.5) is 5.82 Å². The molecule has 2 fully saturated rings. The van der Waals surface area contributed by atoms with Crippen molar-refractivity contribution < 1.29 is 13.2 Å². The number of anilines is 1. The summed E-state index contributed by atoms with van der Waals surface area (Å²) in [5, 5.41) is 3.58. The maximum atomic E-state index is 12.7. The van der Waals surface area contributed by atoms with Gasteiger partial charge in [0.25, 0.3) is 0 Å². The van der Waals surface area contributed by atoms with Gasteiger partial charge in [0.1, 0.15) is 5.82 Å². The van der Waals surface area contributed by atoms with Crippen molar-refractivity contribution in [1.82, 2.24) is 19.6 Å². The summed E-state index contributed by atoms with van der Waals surface area (Å²) in [5.41, 5.74) is 2.74. The second kappa shape index (κ2) is 9.50. The first kappa shape index (κ1) is 22.0. The van der Waals surface area contributed by atoms with Crippen LogP contribution in [0.25, 0.3) is 11.3 Å². The maximum absolute atomic E-state index is 12.7. The highest BCUT2D eigenvalue weighted by molar-refractivity contribution is 7.69. The summed E-state index contributed by atoms with van der Waals surface area (Å²) in [7, 11) is -2.57. The number of nitrogens with zero attached hydrogens (tertiary/aromatic N) is 4. The Bertz CT molecular complexity index is 1030. The molecular formula is C21H26ClN5O3S. The van der Waals surface area contributed by atoms with E-state index in [0.29, 0.717) is 24.5 Å². The van der Waals surface area contributed by atoms with Crippen molar-refractivity contribution in [2.24, 2.45) is 5.92 Å². The summed E-state index contributed by atoms with van der Waals surface area (Å²) >= 11 is 6.40. The summed E-state index contributed by atoms with van der Waals surface area (Å²) in [6.07, 6.45) is 5.52. The van der Waals surface area contributed by atoms with Gasteiger partial charge < -0.3 is 10.2 Å². The summed E-state index contributed by atoms with van der Waals surface area (Å²) in [6, 6.07) is 5.77. The van der Waals surface area contributed by atoms with Gasteiger partial charge in [-0.15, -0.1) is 0 Å². The van der Waals surface area contributed by atoms with E-state index in [-0.39, 0.29) is 17.9 Å². The van der Waals surface area contributed by atoms with Crippen molar-refractivity contribution in [3.8, 4) is 11.3 Å². The van der Waals surface area contributed by atoms with Crippen LogP contribution in [0.5, 0.6) is 0 Å². The smallest absolute Gasteiger partial charge is 0.223 e. The van der Waals surface area contributed by atoms with Gasteiger partial charge in [0.15, 0.2) is 0 Å². The van der Waals surface area contributed by atoms with Crippen LogP contribution in [0, 0.1) is 12.8 Å². The van der Waals surface area contributed by atoms with E-state index in [1.54, 1.807) is 12.4 Å². The Labute approximate surface area is 188 Å². The molecule has 0 aliphatic carbocycles. The number of amides is 1. The number of thiol groups is 1. The van der Waals surface area contributed by atoms with Crippen LogP contribution in [0.2, 0.25) is 5.02 Å². The van der Waals surface area contributed by atoms with E-state index in [1.165, 1.54) is 4.31 Å². The molecule has 2 aliphatic rings. The van der Waals surface area contributed by atoms with Crippen LogP contribution in [-0.2, 0) is 15.7 Å². The van der Waals surface area contributed by atoms with E-state index in [1.807, 2.05) is 25.1 Å². The lowest BCUT2D eigenvalue weighted by atomic mass is 9.95. The molecule has 0 unspecified atom stereocenters. The van der Waals surface area contributed by atoms with Crippen molar-refractivity contribution in [3.63, 3.8) is 0 Å². The van der Waals surface area contributed by atoms with E-state index in [2.05, 4.69) is 20.2 Å². The number of nitrogens with one attached hydrogen (secondary N) is 1. The van der Waals surface area contributed by atoms with E-state index in [9.17, 15) is 13.2 Å². The third kappa shape index (κ3) is 4.99. The first-order valence-corrected chi connectivity index (χ1v) is 12.0. The number of piperidine rings is 1. The van der Waals surface area contributed by atoms with Crippen molar-refractivity contribution in [1.29, 1.82) is 0 Å². The first-order valence-electron chi connectivity index (χ1n) is 10.4. The number of pyridine rings is 2. The summed E-state index contributed by atoms with van der Waals surface area (Å²) in [4.78, 5) is 23.8. The molecule has 2 aromatic heterocycles. The molecule has 10 heteroatoms. The van der Waals surface area contributed by atoms with Crippen LogP contribution < -0.4 is 10.2 Å². The fourth-order valence-electron chi connectivity index (χ4n) is 4.25. The standard InChI is InChI=1S/C21H26ClN5O3S/c1-14-3-2-7-23-20(14)17-11-19(24-12-18(17)22)26-8-4-15(5-9-26)21(28)25-16-6-10-27(13-16)31(29)30/h2-3,7,11-12,15-16,31H,4-6,8-10,13H2,1H3,(H,25,28)/t16-/m0/s1. The van der Waals surface area contributed by atoms with Gasteiger partial charge in [-0.25, -0.2) is 17.7 Å². The van der Waals surface area contributed by atoms with Crippen molar-refractivity contribution in [2.45, 2.75) is 32.2 Å². The van der Waals surface area contributed by atoms with E-state index >= 15 is 0 Å². The third-order valence-electron chi connectivity index (χ3n) is 6.04. The van der Waals surface area contributed by atoms with Crippen molar-refractivity contribution in [2.75, 3.05) is 31.1 Å². The number of halogens is 1. The highest BCUT2D eigenvalue weighted by Gasteiger charge is 2.30. The van der Waals surface area contributed by atoms with Gasteiger partial charge in [0, 0.05) is 56.1 Å². The highest BCUT2D eigenvalue weighted by atomic mass is 35.5. The number of aryl methyl sites for hydroxylation is 1. The predicted molar refractivity (Wildman–Crippen MR) is 121 cm³/mol. The Morgan fingerprint density at radius 2 is 1.97 bits per heavy atom. The van der Waals surface area contributed by atoms with Gasteiger partial charge in [0.2, 0.25) is 16.8 Å². The minimum Gasteiger partial charge on any atom is -0.357 e. The Kier molecular flexibility index (Phi) is 6.74. The number of hydrogen-bond donors (Lipinski definition) is 2. The molecule has 0 aromatic carbocycles. The predicted octanol–water partition coefficient (Wildman–Crippen LogP) is 2.04. The molecule has 0 radical (unpaired) electrons. The van der Waals surface area contributed by atoms with Gasteiger partial charge in [-0.2, -0.15) is 0 Å². The number of carbonyl (C=O) groups excluding carboxylic acids is 1. The minimum absolute atomic E-state index is 0.0153. The lowest BCUT2D eigenvalue weighted by Gasteiger charge is -2.33. The van der Waals surface area contributed by atoms with Crippen LogP contribution in [0.3, 0.4) is 0 Å². The summed E-state index contributed by atoms with van der Waals surface area (Å²) < 4.78 is 23.6. The molecule has 1 amide bonds. The largest absolute Gasteiger partial charge is 0.357 e. The Hall–Kier alpha value is -2.23. The molecule has 31 heavy (non-hydrogen) atoms. The van der Waals surface area contributed by atoms with E-state index in [4.69, 9.17) is 11.6 Å². The molecule has 2 aliphatic heterocycles. The molecule has 1 N–H and O–H groups in total. The highest BCUT2D eigenvalue weighted by Crippen LogP contribution is 2.32. The molecule has 2 aromatic rings. The van der Waals surface area contributed by atoms with Gasteiger partial charge in [-0.1, -0.05) is 17.7 Å². The SMILES string of the molecule is Cc1cccnc1-c1cc(N2CCC(C(=O)N[C@H]3CCN([SH](=O)=O)C3)CC2)ncc1Cl. The third-order valence-corrected chi connectivity index (χ3v) is 7.17. The number of rotatable bonds is 5. The number of aromatic nitrogens is 2. The fraction of sp³-hybridized carbons (Fsp3) is 0.476. The quantitative estimate of drug-likeness (QED) is 0.659. The average Bonchev–Trinajstić information content (AvgIpc) is 3.24. The van der Waals surface area contributed by atoms with E-state index < -0.39 is 10.9 Å². The van der Waals surface area contributed by atoms with Crippen molar-refractivity contribution in [3.05, 3.63) is 41.2 Å². The van der Waals surface area contributed by atoms with Gasteiger partial charge in [-0.3, -0.25) is 9.78 Å². The zero-order valence-electron chi connectivity index (χ0n) is 17.3. The monoisotopic (exact) mass is 463 g/mol. The second-order valence-corrected chi connectivity index (χ2v) is 9.55. The molecule has 4 rings (SSSR count). The fourth-order valence-corrected chi connectivity index (χ4v) is 5.05. The molecule has 166 valence electrons. The lowest BCUT2D eigenvalue weighted by Crippen LogP contribution is -2.44. The van der Waals surface area contributed by atoms with Crippen LogP contribution in [0.15, 0.2) is 30.6 Å². The van der Waals surface area contributed by atoms with Crippen LogP contribution in [-0.4, -0.2) is 60.8 Å². The normalized spacial score (nSPS) is 20.4. The topological polar surface area (TPSA) is 95.5 Å². The maximum Gasteiger partial charge on any atom is 0.223 e. The molecule has 2 saturated heterocycles. The zero-order chi connectivity index (χ0) is 22.0. The van der Waals surface area contributed by atoms with Gasteiger partial charge in [0.05, 0.1) is 10.7 Å². The van der Waals surface area contributed by atoms with Gasteiger partial charge >= 0.3 is 0 Å². The summed E-state index contributed by atoms with van der Waals surface area (Å²) in [6.45, 7) is 4.28. The number of carbonyl (C=O) groups is 1. The van der Waals surface area contributed by atoms with Gasteiger partial charge in [-0.05, 0) is 43.9 Å². The Morgan fingerprint density at radius 1 is 1.19 bits per heavy atom. The first-order chi connectivity index (χ1) is 14.9. The molecular weight excluding hydrogens is 438 g/mol. The second-order valence-electron chi connectivity index (χ2n) is 8.10. The molecule has 0 spiro atoms. The molecule has 4 heterocycles. The van der Waals surface area contributed by atoms with Crippen LogP contribution in [0.1, 0.15) is 24.8 Å². The average molecular weight is 464 g/mol. The Morgan fingerprint density at radius 3 is 2.65 bits per heavy atom. The molecule has 8 nitrogen and oxygen atoms in total. The molecule has 1 atom stereocenters. The Balaban J connectivity index is 1.37. The van der Waals surface area contributed by atoms with E-state index in [0.717, 1.165) is 48.6 Å². The van der Waals surface area contributed by atoms with Crippen LogP contribution >= 0.6 is 11.6 Å². The zero-order valence-corrected chi connectivity index (χ0v) is 19.0. The number of hydrogen-bond acceptors (Lipinski definition) is 6. The minimum atomic E-state index is -2.57. The molecule has 0 bridgehead atoms.